The van der Waals surface area contributed by atoms with Crippen LogP contribution in [-0.4, -0.2) is 71.1 Å². The zero-order valence-electron chi connectivity index (χ0n) is 24.1. The summed E-state index contributed by atoms with van der Waals surface area (Å²) >= 11 is 0. The van der Waals surface area contributed by atoms with Crippen LogP contribution in [0.5, 0.6) is 0 Å². The van der Waals surface area contributed by atoms with Gasteiger partial charge < -0.3 is 35.2 Å². The second-order valence-corrected chi connectivity index (χ2v) is 16.4. The number of aliphatic hydroxyl groups excluding tert-OH is 1. The van der Waals surface area contributed by atoms with Gasteiger partial charge in [0.25, 0.3) is 5.91 Å². The molecule has 0 bridgehead atoms. The van der Waals surface area contributed by atoms with Crippen molar-refractivity contribution < 1.29 is 29.0 Å². The number of anilines is 2. The second-order valence-electron chi connectivity index (χ2n) is 12.4. The summed E-state index contributed by atoms with van der Waals surface area (Å²) in [6.07, 6.45) is 2.95. The van der Waals surface area contributed by atoms with Crippen LogP contribution in [0.3, 0.4) is 0 Å². The normalized spacial score (nSPS) is 27.1. The zero-order chi connectivity index (χ0) is 29.8. The standard InChI is InChI=1S/C31H38N4O6Si/c1-18-29(42(2,3)40)26(15-28(38)35-12-6-7-21(35)17-36)41-31(18)23-14-20(10-11-25(23)34-30(31)39)33-27(37)13-19-16-32-24-9-5-4-8-22(19)24/h4-5,8-11,14,16,18,21,26,29,32,36,40H,6-7,12-13,15,17H2,1-3H3,(H,33,37)(H,34,39)/t18-,21-,26+,29-,31+/m0/s1. The molecule has 5 N–H and O–H groups in total. The fourth-order valence-corrected chi connectivity index (χ4v) is 10.0. The predicted molar refractivity (Wildman–Crippen MR) is 161 cm³/mol. The number of rotatable bonds is 7. The van der Waals surface area contributed by atoms with Gasteiger partial charge in [-0.1, -0.05) is 25.1 Å². The summed E-state index contributed by atoms with van der Waals surface area (Å²) in [5.74, 6) is -1.09. The lowest BCUT2D eigenvalue weighted by Gasteiger charge is -2.32. The van der Waals surface area contributed by atoms with Gasteiger partial charge in [0.2, 0.25) is 11.8 Å². The van der Waals surface area contributed by atoms with Crippen molar-refractivity contribution in [1.29, 1.82) is 0 Å². The summed E-state index contributed by atoms with van der Waals surface area (Å²) in [6.45, 7) is 6.02. The van der Waals surface area contributed by atoms with Crippen molar-refractivity contribution in [3.8, 4) is 0 Å². The Bertz CT molecular complexity index is 1550. The number of benzene rings is 2. The van der Waals surface area contributed by atoms with Gasteiger partial charge in [-0.3, -0.25) is 14.4 Å². The molecule has 6 rings (SSSR count). The van der Waals surface area contributed by atoms with Crippen LogP contribution in [0, 0.1) is 5.92 Å². The zero-order valence-corrected chi connectivity index (χ0v) is 25.1. The van der Waals surface area contributed by atoms with E-state index in [9.17, 15) is 24.3 Å². The van der Waals surface area contributed by atoms with Gasteiger partial charge in [-0.15, -0.1) is 0 Å². The second kappa shape index (κ2) is 10.6. The number of fused-ring (bicyclic) bond motifs is 3. The number of H-pyrrole nitrogens is 1. The van der Waals surface area contributed by atoms with Crippen LogP contribution in [0.2, 0.25) is 18.6 Å². The first-order valence-corrected chi connectivity index (χ1v) is 17.7. The number of aromatic nitrogens is 1. The third kappa shape index (κ3) is 4.74. The van der Waals surface area contributed by atoms with Crippen LogP contribution in [0.15, 0.2) is 48.7 Å². The number of nitrogens with one attached hydrogen (secondary N) is 3. The number of hydrogen-bond acceptors (Lipinski definition) is 6. The topological polar surface area (TPSA) is 144 Å². The third-order valence-corrected chi connectivity index (χ3v) is 11.8. The van der Waals surface area contributed by atoms with Gasteiger partial charge in [-0.05, 0) is 55.8 Å². The maximum Gasteiger partial charge on any atom is 0.261 e. The Morgan fingerprint density at radius 3 is 2.76 bits per heavy atom. The number of hydrogen-bond donors (Lipinski definition) is 5. The van der Waals surface area contributed by atoms with Crippen LogP contribution in [0.25, 0.3) is 10.9 Å². The number of carbonyl (C=O) groups is 3. The molecule has 0 unspecified atom stereocenters. The Balaban J connectivity index is 1.27. The SMILES string of the molecule is C[C@H]1[C@H]([Si](C)(C)O)[C@@H](CC(=O)N2CCC[C@H]2CO)O[C@]12C(=O)Nc1ccc(NC(=O)Cc3c[nH]c4ccccc34)cc12. The monoisotopic (exact) mass is 590 g/mol. The van der Waals surface area contributed by atoms with Crippen LogP contribution in [0.1, 0.15) is 37.3 Å². The average Bonchev–Trinajstić information content (AvgIpc) is 3.70. The van der Waals surface area contributed by atoms with E-state index in [1.165, 1.54) is 0 Å². The Kier molecular flexibility index (Phi) is 7.25. The molecule has 0 aliphatic carbocycles. The molecule has 0 saturated carbocycles. The largest absolute Gasteiger partial charge is 0.432 e. The first-order valence-electron chi connectivity index (χ1n) is 14.6. The van der Waals surface area contributed by atoms with Crippen LogP contribution < -0.4 is 10.6 Å². The minimum Gasteiger partial charge on any atom is -0.432 e. The summed E-state index contributed by atoms with van der Waals surface area (Å²) in [5, 5.41) is 16.6. The van der Waals surface area contributed by atoms with E-state index in [0.717, 1.165) is 29.3 Å². The molecule has 4 heterocycles. The molecule has 1 aromatic heterocycles. The van der Waals surface area contributed by atoms with Gasteiger partial charge in [0.15, 0.2) is 13.9 Å². The molecular formula is C31H38N4O6Si. The third-order valence-electron chi connectivity index (χ3n) is 9.33. The lowest BCUT2D eigenvalue weighted by molar-refractivity contribution is -0.148. The van der Waals surface area contributed by atoms with Gasteiger partial charge in [-0.25, -0.2) is 0 Å². The molecule has 10 nitrogen and oxygen atoms in total. The smallest absolute Gasteiger partial charge is 0.261 e. The molecule has 2 fully saturated rings. The van der Waals surface area contributed by atoms with E-state index in [2.05, 4.69) is 15.6 Å². The summed E-state index contributed by atoms with van der Waals surface area (Å²) in [7, 11) is -2.92. The molecule has 0 radical (unpaired) electrons. The Morgan fingerprint density at radius 1 is 1.21 bits per heavy atom. The lowest BCUT2D eigenvalue weighted by Crippen LogP contribution is -2.44. The highest BCUT2D eigenvalue weighted by Crippen LogP contribution is 2.58. The fraction of sp³-hybridized carbons (Fsp3) is 0.452. The van der Waals surface area contributed by atoms with Crippen LogP contribution >= 0.6 is 0 Å². The molecule has 3 amide bonds. The molecule has 2 saturated heterocycles. The molecule has 11 heteroatoms. The molecule has 2 aromatic carbocycles. The highest BCUT2D eigenvalue weighted by Gasteiger charge is 2.65. The van der Waals surface area contributed by atoms with Gasteiger partial charge in [0, 0.05) is 52.0 Å². The first-order chi connectivity index (χ1) is 20.0. The van der Waals surface area contributed by atoms with Crippen molar-refractivity contribution >= 4 is 48.3 Å². The Labute approximate surface area is 245 Å². The van der Waals surface area contributed by atoms with Crippen molar-refractivity contribution in [2.24, 2.45) is 5.92 Å². The molecule has 5 atom stereocenters. The Hall–Kier alpha value is -3.51. The van der Waals surface area contributed by atoms with E-state index in [4.69, 9.17) is 4.74 Å². The van der Waals surface area contributed by atoms with E-state index in [1.54, 1.807) is 23.1 Å². The first kappa shape index (κ1) is 28.6. The maximum absolute atomic E-state index is 13.7. The summed E-state index contributed by atoms with van der Waals surface area (Å²) < 4.78 is 6.63. The molecule has 3 aliphatic rings. The van der Waals surface area contributed by atoms with E-state index >= 15 is 0 Å². The van der Waals surface area contributed by atoms with Crippen molar-refractivity contribution in [3.05, 3.63) is 59.8 Å². The number of amides is 3. The van der Waals surface area contributed by atoms with E-state index in [-0.39, 0.29) is 43.2 Å². The number of para-hydroxylation sites is 1. The van der Waals surface area contributed by atoms with E-state index in [1.807, 2.05) is 50.5 Å². The molecule has 1 spiro atoms. The minimum absolute atomic E-state index is 0.0217. The van der Waals surface area contributed by atoms with Crippen LogP contribution in [-0.2, 0) is 31.1 Å². The van der Waals surface area contributed by atoms with E-state index < -0.39 is 31.5 Å². The predicted octanol–water partition coefficient (Wildman–Crippen LogP) is 3.47. The highest BCUT2D eigenvalue weighted by molar-refractivity contribution is 6.71. The molecule has 3 aromatic rings. The van der Waals surface area contributed by atoms with E-state index in [0.29, 0.717) is 23.5 Å². The number of aromatic amines is 1. The summed E-state index contributed by atoms with van der Waals surface area (Å²) in [4.78, 5) is 56.4. The number of carbonyl (C=O) groups excluding carboxylic acids is 3. The van der Waals surface area contributed by atoms with Crippen molar-refractivity contribution in [1.82, 2.24) is 9.88 Å². The molecule has 3 aliphatic heterocycles. The van der Waals surface area contributed by atoms with Crippen molar-refractivity contribution in [2.75, 3.05) is 23.8 Å². The highest BCUT2D eigenvalue weighted by atomic mass is 28.4. The van der Waals surface area contributed by atoms with Gasteiger partial charge >= 0.3 is 0 Å². The number of likely N-dealkylation sites (tertiary alicyclic amines) is 1. The Morgan fingerprint density at radius 2 is 2.00 bits per heavy atom. The molecule has 222 valence electrons. The molecule has 42 heavy (non-hydrogen) atoms. The number of aliphatic hydroxyl groups is 1. The van der Waals surface area contributed by atoms with Crippen molar-refractivity contribution in [2.45, 2.75) is 69.0 Å². The minimum atomic E-state index is -2.92. The van der Waals surface area contributed by atoms with Gasteiger partial charge in [0.1, 0.15) is 0 Å². The maximum atomic E-state index is 13.7. The number of nitrogens with zero attached hydrogens (tertiary/aromatic N) is 1. The fourth-order valence-electron chi connectivity index (χ4n) is 7.47. The van der Waals surface area contributed by atoms with Gasteiger partial charge in [0.05, 0.1) is 31.6 Å². The number of ether oxygens (including phenoxy) is 1. The average molecular weight is 591 g/mol. The quantitative estimate of drug-likeness (QED) is 0.267. The summed E-state index contributed by atoms with van der Waals surface area (Å²) in [5.41, 5.74) is 1.76. The summed E-state index contributed by atoms with van der Waals surface area (Å²) in [6, 6.07) is 12.9. The molecular weight excluding hydrogens is 552 g/mol. The van der Waals surface area contributed by atoms with Gasteiger partial charge in [-0.2, -0.15) is 0 Å². The van der Waals surface area contributed by atoms with Crippen LogP contribution in [0.4, 0.5) is 11.4 Å². The lowest BCUT2D eigenvalue weighted by atomic mass is 9.82. The van der Waals surface area contributed by atoms with Crippen molar-refractivity contribution in [3.63, 3.8) is 0 Å².